The molecular formula is C33H52N3O11P. The van der Waals surface area contributed by atoms with Crippen LogP contribution in [0.3, 0.4) is 0 Å². The molecule has 0 saturated heterocycles. The van der Waals surface area contributed by atoms with Crippen LogP contribution in [0.25, 0.3) is 0 Å². The third kappa shape index (κ3) is 12.9. The number of hydrogen-bond donors (Lipinski definition) is 2. The molecule has 15 heteroatoms. The van der Waals surface area contributed by atoms with Gasteiger partial charge in [0.15, 0.2) is 0 Å². The number of nitrogens with zero attached hydrogens (tertiary/aromatic N) is 2. The Labute approximate surface area is 283 Å². The molecule has 3 atom stereocenters. The van der Waals surface area contributed by atoms with E-state index >= 15 is 0 Å². The van der Waals surface area contributed by atoms with E-state index in [0.29, 0.717) is 25.7 Å². The number of guanidine groups is 1. The molecular weight excluding hydrogens is 645 g/mol. The molecule has 1 aromatic rings. The van der Waals surface area contributed by atoms with E-state index in [1.54, 1.807) is 58.0 Å². The second-order valence-corrected chi connectivity index (χ2v) is 14.6. The summed E-state index contributed by atoms with van der Waals surface area (Å²) < 4.78 is 52.0. The van der Waals surface area contributed by atoms with E-state index in [-0.39, 0.29) is 18.6 Å². The van der Waals surface area contributed by atoms with E-state index in [1.807, 2.05) is 0 Å². The van der Waals surface area contributed by atoms with Gasteiger partial charge >= 0.3 is 26.0 Å². The second kappa shape index (κ2) is 19.0. The van der Waals surface area contributed by atoms with Crippen LogP contribution in [0.1, 0.15) is 97.5 Å². The molecule has 2 saturated carbocycles. The van der Waals surface area contributed by atoms with Crippen LogP contribution in [-0.4, -0.2) is 72.1 Å². The van der Waals surface area contributed by atoms with Gasteiger partial charge in [-0.1, -0.05) is 70.9 Å². The van der Waals surface area contributed by atoms with Crippen molar-refractivity contribution in [3.63, 3.8) is 0 Å². The largest absolute Gasteiger partial charge is 0.510 e. The predicted molar refractivity (Wildman–Crippen MR) is 177 cm³/mol. The highest BCUT2D eigenvalue weighted by atomic mass is 31.2. The summed E-state index contributed by atoms with van der Waals surface area (Å²) in [6.07, 6.45) is 3.05. The second-order valence-electron chi connectivity index (χ2n) is 13.0. The Balaban J connectivity index is 1.88. The van der Waals surface area contributed by atoms with Crippen molar-refractivity contribution < 1.29 is 52.1 Å². The van der Waals surface area contributed by atoms with Crippen LogP contribution >= 0.6 is 7.75 Å². The lowest BCUT2D eigenvalue weighted by Crippen LogP contribution is -2.47. The van der Waals surface area contributed by atoms with Gasteiger partial charge in [-0.25, -0.2) is 28.0 Å². The zero-order chi connectivity index (χ0) is 35.3. The van der Waals surface area contributed by atoms with Crippen molar-refractivity contribution in [2.24, 2.45) is 22.3 Å². The number of carboxylic acid groups (broad SMARTS) is 1. The molecule has 0 bridgehead atoms. The molecule has 3 rings (SSSR count). The fourth-order valence-electron chi connectivity index (χ4n) is 5.36. The maximum atomic E-state index is 14.5. The Morgan fingerprint density at radius 1 is 0.833 bits per heavy atom. The van der Waals surface area contributed by atoms with Gasteiger partial charge in [0, 0.05) is 25.3 Å². The minimum absolute atomic E-state index is 0.0460. The number of nitrogens with two attached hydrogens (primary N) is 1. The summed E-state index contributed by atoms with van der Waals surface area (Å²) in [6.45, 7) is 6.61. The van der Waals surface area contributed by atoms with Gasteiger partial charge in [0.2, 0.25) is 18.5 Å². The first-order valence-electron chi connectivity index (χ1n) is 16.8. The Hall–Kier alpha value is -3.35. The number of likely N-dealkylation sites (N-methyl/N-ethyl adjacent to an activating group) is 1. The number of benzene rings is 1. The van der Waals surface area contributed by atoms with Crippen LogP contribution < -0.4 is 5.73 Å². The van der Waals surface area contributed by atoms with Gasteiger partial charge in [0.25, 0.3) is 0 Å². The van der Waals surface area contributed by atoms with Gasteiger partial charge in [0.05, 0.1) is 0 Å². The molecule has 1 aromatic carbocycles. The van der Waals surface area contributed by atoms with Crippen molar-refractivity contribution >= 4 is 32.0 Å². The lowest BCUT2D eigenvalue weighted by atomic mass is 9.98. The minimum atomic E-state index is -4.84. The molecule has 270 valence electrons. The van der Waals surface area contributed by atoms with Crippen molar-refractivity contribution in [2.75, 3.05) is 7.05 Å². The molecule has 0 spiro atoms. The number of carbonyl (C=O) groups is 3. The SMILES string of the molecule is CC(C)C(OC(=O)OC1CCCCC1)OP(=O)(N=C(N)N(C)C(Cc1ccccc1)C(=O)O)OC(OC(=O)OC1CCCCC1)C(C)C. The number of aliphatic carboxylic acids is 1. The Morgan fingerprint density at radius 2 is 1.27 bits per heavy atom. The van der Waals surface area contributed by atoms with Crippen LogP contribution in [0, 0.1) is 11.8 Å². The molecule has 48 heavy (non-hydrogen) atoms. The van der Waals surface area contributed by atoms with Crippen LogP contribution in [0.15, 0.2) is 35.1 Å². The molecule has 2 aliphatic carbocycles. The normalized spacial score (nSPS) is 19.5. The Kier molecular flexibility index (Phi) is 15.5. The first-order valence-corrected chi connectivity index (χ1v) is 18.3. The number of hydrogen-bond acceptors (Lipinski definition) is 10. The summed E-state index contributed by atoms with van der Waals surface area (Å²) in [7, 11) is -3.46. The lowest BCUT2D eigenvalue weighted by Gasteiger charge is -2.30. The Bertz CT molecular complexity index is 1200. The first kappa shape index (κ1) is 39.1. The monoisotopic (exact) mass is 697 g/mol. The average molecular weight is 698 g/mol. The minimum Gasteiger partial charge on any atom is -0.480 e. The van der Waals surface area contributed by atoms with Gasteiger partial charge in [-0.3, -0.25) is 0 Å². The fraction of sp³-hybridized carbons (Fsp3) is 0.697. The van der Waals surface area contributed by atoms with Gasteiger partial charge in [-0.15, -0.1) is 4.76 Å². The predicted octanol–water partition coefficient (Wildman–Crippen LogP) is 7.01. The van der Waals surface area contributed by atoms with E-state index in [4.69, 9.17) is 33.7 Å². The van der Waals surface area contributed by atoms with E-state index in [0.717, 1.165) is 49.0 Å². The van der Waals surface area contributed by atoms with Gasteiger partial charge < -0.3 is 34.7 Å². The quantitative estimate of drug-likeness (QED) is 0.0628. The van der Waals surface area contributed by atoms with E-state index in [9.17, 15) is 24.1 Å². The third-order valence-electron chi connectivity index (χ3n) is 8.23. The maximum absolute atomic E-state index is 14.5. The van der Waals surface area contributed by atoms with E-state index in [2.05, 4.69) is 4.76 Å². The van der Waals surface area contributed by atoms with E-state index < -0.39 is 62.4 Å². The maximum Gasteiger partial charge on any atom is 0.510 e. The topological polar surface area (TPSA) is 186 Å². The Morgan fingerprint density at radius 3 is 1.67 bits per heavy atom. The zero-order valence-electron chi connectivity index (χ0n) is 28.7. The summed E-state index contributed by atoms with van der Waals surface area (Å²) >= 11 is 0. The van der Waals surface area contributed by atoms with Crippen molar-refractivity contribution in [1.29, 1.82) is 0 Å². The molecule has 0 amide bonds. The molecule has 3 unspecified atom stereocenters. The lowest BCUT2D eigenvalue weighted by molar-refractivity contribution is -0.141. The molecule has 0 heterocycles. The molecule has 3 N–H and O–H groups in total. The number of rotatable bonds is 15. The van der Waals surface area contributed by atoms with Crippen molar-refractivity contribution in [2.45, 2.75) is 129 Å². The number of carboxylic acids is 1. The van der Waals surface area contributed by atoms with Gasteiger partial charge in [0.1, 0.15) is 18.2 Å². The third-order valence-corrected chi connectivity index (χ3v) is 9.63. The highest BCUT2D eigenvalue weighted by Gasteiger charge is 2.40. The summed E-state index contributed by atoms with van der Waals surface area (Å²) in [5, 5.41) is 10.0. The smallest absolute Gasteiger partial charge is 0.480 e. The van der Waals surface area contributed by atoms with Gasteiger partial charge in [-0.05, 0) is 56.9 Å². The van der Waals surface area contributed by atoms with Crippen LogP contribution in [0.5, 0.6) is 0 Å². The highest BCUT2D eigenvalue weighted by molar-refractivity contribution is 7.52. The molecule has 0 aliphatic heterocycles. The van der Waals surface area contributed by atoms with Crippen molar-refractivity contribution in [1.82, 2.24) is 4.90 Å². The zero-order valence-corrected chi connectivity index (χ0v) is 29.5. The first-order chi connectivity index (χ1) is 22.8. The molecule has 0 radical (unpaired) electrons. The van der Waals surface area contributed by atoms with Crippen molar-refractivity contribution in [3.05, 3.63) is 35.9 Å². The molecule has 14 nitrogen and oxygen atoms in total. The standard InChI is InChI=1S/C33H52N3O11P/c1-22(2)29(44-32(39)42-25-17-11-7-12-18-25)46-48(41,47-30(23(3)4)45-33(40)43-26-19-13-8-14-20-26)35-31(34)36(5)27(28(37)38)21-24-15-9-6-10-16-24/h6,9-10,15-16,22-23,25-27,29-30H,7-8,11-14,17-21H2,1-5H3,(H,37,38)(H2,34,35,41). The number of carbonyl (C=O) groups excluding carboxylic acids is 2. The number of ether oxygens (including phenoxy) is 4. The summed E-state index contributed by atoms with van der Waals surface area (Å²) in [5.41, 5.74) is 6.98. The fourth-order valence-corrected chi connectivity index (χ4v) is 6.99. The van der Waals surface area contributed by atoms with Crippen LogP contribution in [0.4, 0.5) is 9.59 Å². The summed E-state index contributed by atoms with van der Waals surface area (Å²) in [4.78, 5) is 39.0. The van der Waals surface area contributed by atoms with Crippen molar-refractivity contribution in [3.8, 4) is 0 Å². The highest BCUT2D eigenvalue weighted by Crippen LogP contribution is 2.54. The molecule has 0 aromatic heterocycles. The van der Waals surface area contributed by atoms with Crippen LogP contribution in [0.2, 0.25) is 0 Å². The summed E-state index contributed by atoms with van der Waals surface area (Å²) in [6, 6.07) is 7.68. The average Bonchev–Trinajstić information content (AvgIpc) is 3.03. The van der Waals surface area contributed by atoms with Gasteiger partial charge in [-0.2, -0.15) is 0 Å². The summed E-state index contributed by atoms with van der Waals surface area (Å²) in [5.74, 6) is -2.86. The molecule has 2 aliphatic rings. The van der Waals surface area contributed by atoms with E-state index in [1.165, 1.54) is 7.05 Å². The molecule has 2 fully saturated rings. The van der Waals surface area contributed by atoms with Crippen LogP contribution in [-0.2, 0) is 43.8 Å².